The van der Waals surface area contributed by atoms with Crippen LogP contribution in [0.1, 0.15) is 12.8 Å². The standard InChI is InChI=1S/C5H8ClF2NO2/c6-5(7,8)2-1-3(9)4(10)11/h3H,1-2,9H2,(H,10,11)/t3-/m0/s1. The fraction of sp³-hybridized carbons (Fsp3) is 0.800. The molecule has 0 saturated carbocycles. The van der Waals surface area contributed by atoms with Crippen LogP contribution in [0.5, 0.6) is 0 Å². The van der Waals surface area contributed by atoms with Crippen molar-refractivity contribution < 1.29 is 18.7 Å². The summed E-state index contributed by atoms with van der Waals surface area (Å²) in [6, 6.07) is -1.26. The lowest BCUT2D eigenvalue weighted by Gasteiger charge is -2.09. The van der Waals surface area contributed by atoms with Crippen molar-refractivity contribution in [3.05, 3.63) is 0 Å². The summed E-state index contributed by atoms with van der Waals surface area (Å²) in [4.78, 5) is 10.0. The number of carboxylic acid groups (broad SMARTS) is 1. The number of hydrogen-bond donors (Lipinski definition) is 2. The van der Waals surface area contributed by atoms with Gasteiger partial charge >= 0.3 is 11.4 Å². The summed E-state index contributed by atoms with van der Waals surface area (Å²) in [6.07, 6.45) is -1.05. The van der Waals surface area contributed by atoms with Gasteiger partial charge in [0.05, 0.1) is 0 Å². The van der Waals surface area contributed by atoms with Gasteiger partial charge in [-0.05, 0) is 18.0 Å². The average Bonchev–Trinajstić information content (AvgIpc) is 1.80. The molecule has 0 aliphatic carbocycles. The van der Waals surface area contributed by atoms with E-state index in [1.54, 1.807) is 0 Å². The van der Waals surface area contributed by atoms with Gasteiger partial charge in [0.15, 0.2) is 0 Å². The highest BCUT2D eigenvalue weighted by atomic mass is 35.5. The molecule has 0 amide bonds. The van der Waals surface area contributed by atoms with Crippen LogP contribution >= 0.6 is 11.6 Å². The third kappa shape index (κ3) is 6.00. The Labute approximate surface area is 67.1 Å². The smallest absolute Gasteiger partial charge is 0.321 e. The molecule has 0 heterocycles. The van der Waals surface area contributed by atoms with Gasteiger partial charge in [0.2, 0.25) is 0 Å². The van der Waals surface area contributed by atoms with Gasteiger partial charge in [0.1, 0.15) is 6.04 Å². The van der Waals surface area contributed by atoms with Crippen molar-refractivity contribution in [1.29, 1.82) is 0 Å². The van der Waals surface area contributed by atoms with Gasteiger partial charge in [0, 0.05) is 6.42 Å². The first-order valence-corrected chi connectivity index (χ1v) is 3.26. The molecular formula is C5H8ClF2NO2. The summed E-state index contributed by atoms with van der Waals surface area (Å²) in [5.41, 5.74) is 4.93. The maximum Gasteiger partial charge on any atom is 0.321 e. The van der Waals surface area contributed by atoms with Crippen LogP contribution in [0.4, 0.5) is 8.78 Å². The van der Waals surface area contributed by atoms with Crippen LogP contribution in [0.2, 0.25) is 0 Å². The quantitative estimate of drug-likeness (QED) is 0.646. The van der Waals surface area contributed by atoms with E-state index in [0.717, 1.165) is 0 Å². The van der Waals surface area contributed by atoms with Crippen molar-refractivity contribution in [2.75, 3.05) is 0 Å². The van der Waals surface area contributed by atoms with Gasteiger partial charge in [0.25, 0.3) is 0 Å². The Morgan fingerprint density at radius 1 is 1.73 bits per heavy atom. The van der Waals surface area contributed by atoms with Gasteiger partial charge in [-0.1, -0.05) is 0 Å². The molecule has 0 fully saturated rings. The molecule has 11 heavy (non-hydrogen) atoms. The number of alkyl halides is 3. The topological polar surface area (TPSA) is 63.3 Å². The van der Waals surface area contributed by atoms with E-state index < -0.39 is 23.8 Å². The van der Waals surface area contributed by atoms with Crippen molar-refractivity contribution >= 4 is 17.6 Å². The molecule has 0 rings (SSSR count). The summed E-state index contributed by atoms with van der Waals surface area (Å²) in [5.74, 6) is -1.30. The van der Waals surface area contributed by atoms with E-state index in [0.29, 0.717) is 0 Å². The number of carbonyl (C=O) groups is 1. The molecule has 1 atom stereocenters. The number of halogens is 3. The van der Waals surface area contributed by atoms with Crippen molar-refractivity contribution in [2.45, 2.75) is 24.3 Å². The third-order valence-electron chi connectivity index (χ3n) is 1.06. The predicted octanol–water partition coefficient (Wildman–Crippen LogP) is 1.01. The highest BCUT2D eigenvalue weighted by molar-refractivity contribution is 6.21. The number of nitrogens with two attached hydrogens (primary N) is 1. The lowest BCUT2D eigenvalue weighted by molar-refractivity contribution is -0.138. The second-order valence-corrected chi connectivity index (χ2v) is 2.65. The molecule has 0 aliphatic heterocycles. The zero-order chi connectivity index (χ0) is 9.07. The minimum absolute atomic E-state index is 0.328. The first-order valence-electron chi connectivity index (χ1n) is 2.88. The summed E-state index contributed by atoms with van der Waals surface area (Å²) in [7, 11) is 0. The first-order chi connectivity index (χ1) is 4.83. The summed E-state index contributed by atoms with van der Waals surface area (Å²) >= 11 is 4.50. The predicted molar refractivity (Wildman–Crippen MR) is 35.6 cm³/mol. The summed E-state index contributed by atoms with van der Waals surface area (Å²) in [6.45, 7) is 0. The van der Waals surface area contributed by atoms with Crippen LogP contribution in [0.3, 0.4) is 0 Å². The lowest BCUT2D eigenvalue weighted by atomic mass is 10.2. The molecule has 0 radical (unpaired) electrons. The van der Waals surface area contributed by atoms with Crippen molar-refractivity contribution in [2.24, 2.45) is 5.73 Å². The Kier molecular flexibility index (Phi) is 3.68. The fourth-order valence-corrected chi connectivity index (χ4v) is 0.552. The molecule has 0 aliphatic rings. The van der Waals surface area contributed by atoms with E-state index in [1.807, 2.05) is 0 Å². The summed E-state index contributed by atoms with van der Waals surface area (Å²) < 4.78 is 23.7. The zero-order valence-electron chi connectivity index (χ0n) is 5.56. The summed E-state index contributed by atoms with van der Waals surface area (Å²) in [5, 5.41) is 4.81. The van der Waals surface area contributed by atoms with Crippen molar-refractivity contribution in [3.63, 3.8) is 0 Å². The van der Waals surface area contributed by atoms with Crippen molar-refractivity contribution in [3.8, 4) is 0 Å². The molecule has 6 heteroatoms. The van der Waals surface area contributed by atoms with E-state index in [4.69, 9.17) is 10.8 Å². The van der Waals surface area contributed by atoms with E-state index in [9.17, 15) is 13.6 Å². The van der Waals surface area contributed by atoms with Crippen molar-refractivity contribution in [1.82, 2.24) is 0 Å². The molecule has 0 saturated heterocycles. The first kappa shape index (κ1) is 10.6. The second kappa shape index (κ2) is 3.82. The van der Waals surface area contributed by atoms with Crippen LogP contribution in [0.15, 0.2) is 0 Å². The molecule has 0 unspecified atom stereocenters. The van der Waals surface area contributed by atoms with E-state index in [2.05, 4.69) is 11.6 Å². The molecule has 66 valence electrons. The molecule has 3 nitrogen and oxygen atoms in total. The lowest BCUT2D eigenvalue weighted by Crippen LogP contribution is -2.31. The molecular weight excluding hydrogens is 180 g/mol. The second-order valence-electron chi connectivity index (χ2n) is 2.10. The Balaban J connectivity index is 3.63. The molecule has 0 spiro atoms. The monoisotopic (exact) mass is 187 g/mol. The largest absolute Gasteiger partial charge is 0.480 e. The van der Waals surface area contributed by atoms with Crippen LogP contribution in [-0.4, -0.2) is 22.5 Å². The zero-order valence-corrected chi connectivity index (χ0v) is 6.31. The maximum atomic E-state index is 11.9. The highest BCUT2D eigenvalue weighted by Crippen LogP contribution is 2.25. The van der Waals surface area contributed by atoms with Crippen LogP contribution in [0, 0.1) is 0 Å². The van der Waals surface area contributed by atoms with E-state index >= 15 is 0 Å². The number of hydrogen-bond acceptors (Lipinski definition) is 2. The number of aliphatic carboxylic acids is 1. The van der Waals surface area contributed by atoms with Crippen LogP contribution in [-0.2, 0) is 4.79 Å². The van der Waals surface area contributed by atoms with Gasteiger partial charge in [-0.15, -0.1) is 0 Å². The molecule has 3 N–H and O–H groups in total. The number of rotatable bonds is 4. The minimum Gasteiger partial charge on any atom is -0.480 e. The number of carboxylic acids is 1. The van der Waals surface area contributed by atoms with E-state index in [1.165, 1.54) is 0 Å². The Morgan fingerprint density at radius 3 is 2.45 bits per heavy atom. The minimum atomic E-state index is -3.35. The van der Waals surface area contributed by atoms with Crippen LogP contribution < -0.4 is 5.73 Å². The molecule has 0 aromatic rings. The third-order valence-corrected chi connectivity index (χ3v) is 1.24. The Morgan fingerprint density at radius 2 is 2.18 bits per heavy atom. The van der Waals surface area contributed by atoms with Crippen LogP contribution in [0.25, 0.3) is 0 Å². The van der Waals surface area contributed by atoms with Gasteiger partial charge in [-0.3, -0.25) is 4.79 Å². The molecule has 0 aromatic heterocycles. The molecule has 0 aromatic carbocycles. The SMILES string of the molecule is N[C@@H](CCC(F)(F)Cl)C(=O)O. The van der Waals surface area contributed by atoms with Gasteiger partial charge < -0.3 is 10.8 Å². The van der Waals surface area contributed by atoms with Gasteiger partial charge in [-0.2, -0.15) is 8.78 Å². The Hall–Kier alpha value is -0.420. The highest BCUT2D eigenvalue weighted by Gasteiger charge is 2.26. The normalized spacial score (nSPS) is 14.5. The van der Waals surface area contributed by atoms with E-state index in [-0.39, 0.29) is 6.42 Å². The fourth-order valence-electron chi connectivity index (χ4n) is 0.443. The Bertz CT molecular complexity index is 148. The van der Waals surface area contributed by atoms with Gasteiger partial charge in [-0.25, -0.2) is 0 Å². The molecule has 0 bridgehead atoms. The maximum absolute atomic E-state index is 11.9. The average molecular weight is 188 g/mol.